The normalized spacial score (nSPS) is 13.1. The number of guanidine groups is 4. The highest BCUT2D eigenvalue weighted by atomic mass is 16.2. The first kappa shape index (κ1) is 39.9. The molecule has 0 aliphatic heterocycles. The maximum atomic E-state index is 13.4. The third kappa shape index (κ3) is 20.5. The summed E-state index contributed by atoms with van der Waals surface area (Å²) in [5.74, 6) is -3.82. The summed E-state index contributed by atoms with van der Waals surface area (Å²) in [5, 5.41) is 47.2. The average Bonchev–Trinajstić information content (AvgIpc) is 2.94. The first-order valence-corrected chi connectivity index (χ1v) is 14.4. The molecule has 4 amide bonds. The minimum Gasteiger partial charge on any atom is -0.370 e. The van der Waals surface area contributed by atoms with Gasteiger partial charge in [-0.05, 0) is 51.4 Å². The van der Waals surface area contributed by atoms with Gasteiger partial charge in [0.2, 0.25) is 23.6 Å². The number of nitrogens with two attached hydrogens (primary N) is 6. The van der Waals surface area contributed by atoms with Crippen molar-refractivity contribution >= 4 is 47.5 Å². The summed E-state index contributed by atoms with van der Waals surface area (Å²) in [6, 6.07) is -4.34. The monoisotopic (exact) mass is 641 g/mol. The number of rotatable bonds is 23. The zero-order valence-electron chi connectivity index (χ0n) is 25.4. The van der Waals surface area contributed by atoms with E-state index in [-0.39, 0.29) is 69.2 Å². The Morgan fingerprint density at radius 3 is 1.09 bits per heavy atom. The Morgan fingerprint density at radius 2 is 0.756 bits per heavy atom. The molecule has 21 nitrogen and oxygen atoms in total. The highest BCUT2D eigenvalue weighted by molar-refractivity contribution is 5.94. The number of nitrogens with one attached hydrogen (secondary N) is 11. The van der Waals surface area contributed by atoms with E-state index >= 15 is 0 Å². The predicted molar refractivity (Wildman–Crippen MR) is 170 cm³/mol. The van der Waals surface area contributed by atoms with Crippen LogP contribution in [-0.4, -0.2) is 97.8 Å². The Bertz CT molecular complexity index is 1020. The number of hydrogen-bond donors (Lipinski definition) is 17. The average molecular weight is 642 g/mol. The summed E-state index contributed by atoms with van der Waals surface area (Å²) >= 11 is 0. The third-order valence-electron chi connectivity index (χ3n) is 6.23. The van der Waals surface area contributed by atoms with Crippen LogP contribution in [0.3, 0.4) is 0 Å². The second-order valence-corrected chi connectivity index (χ2v) is 10.1. The molecule has 0 bridgehead atoms. The molecule has 4 atom stereocenters. The van der Waals surface area contributed by atoms with Crippen molar-refractivity contribution in [3.05, 3.63) is 0 Å². The summed E-state index contributed by atoms with van der Waals surface area (Å²) < 4.78 is 0. The first-order chi connectivity index (χ1) is 21.1. The molecule has 0 fully saturated rings. The van der Waals surface area contributed by atoms with E-state index in [1.165, 1.54) is 0 Å². The molecule has 0 rings (SSSR count). The lowest BCUT2D eigenvalue weighted by Crippen LogP contribution is -2.57. The molecule has 0 aromatic heterocycles. The fourth-order valence-corrected chi connectivity index (χ4v) is 3.91. The standard InChI is InChI=1S/C24H51N17O4/c25-13(5-1-9-35-21(27)28)18(43)40-15(7-3-11-37-23(31)32)20(45)41-16(8-4-12-38-24(33)34)19(44)39-14(17(26)42)6-2-10-36-22(29)30/h13-16H,1-12,25H2,(H2,26,42)(H,39,44)(H,40,43)(H,41,45)(H4,27,28,35)(H4,29,30,36)(H4,31,32,37)(H4,33,34,38)/t13?,14-,15-,16-/m1/s1. The van der Waals surface area contributed by atoms with Crippen molar-refractivity contribution in [2.45, 2.75) is 75.5 Å². The van der Waals surface area contributed by atoms with Crippen LogP contribution in [-0.2, 0) is 19.2 Å². The van der Waals surface area contributed by atoms with E-state index in [0.717, 1.165) is 0 Å². The van der Waals surface area contributed by atoms with E-state index in [1.54, 1.807) is 0 Å². The van der Waals surface area contributed by atoms with Gasteiger partial charge in [0.1, 0.15) is 18.1 Å². The molecule has 256 valence electrons. The Labute approximate surface area is 261 Å². The van der Waals surface area contributed by atoms with E-state index in [9.17, 15) is 19.2 Å². The van der Waals surface area contributed by atoms with Crippen molar-refractivity contribution in [1.82, 2.24) is 37.2 Å². The summed E-state index contributed by atoms with van der Waals surface area (Å²) in [7, 11) is 0. The molecule has 1 unspecified atom stereocenters. The van der Waals surface area contributed by atoms with Gasteiger partial charge in [-0.25, -0.2) is 0 Å². The van der Waals surface area contributed by atoms with Crippen LogP contribution in [0.5, 0.6) is 0 Å². The minimum atomic E-state index is -1.16. The second kappa shape index (κ2) is 22.5. The largest absolute Gasteiger partial charge is 0.370 e. The molecule has 0 aromatic carbocycles. The Balaban J connectivity index is 5.68. The van der Waals surface area contributed by atoms with Crippen LogP contribution in [0.15, 0.2) is 0 Å². The predicted octanol–water partition coefficient (Wildman–Crippen LogP) is -5.69. The van der Waals surface area contributed by atoms with Crippen LogP contribution in [0.1, 0.15) is 51.4 Å². The molecule has 0 saturated carbocycles. The topological polar surface area (TPSA) is 404 Å². The molecular formula is C24H51N17O4. The van der Waals surface area contributed by atoms with Gasteiger partial charge < -0.3 is 71.6 Å². The molecule has 21 heteroatoms. The highest BCUT2D eigenvalue weighted by Crippen LogP contribution is 2.06. The van der Waals surface area contributed by atoms with Gasteiger partial charge in [0.15, 0.2) is 23.8 Å². The van der Waals surface area contributed by atoms with Gasteiger partial charge in [0, 0.05) is 26.2 Å². The van der Waals surface area contributed by atoms with E-state index in [4.69, 9.17) is 56.0 Å². The summed E-state index contributed by atoms with van der Waals surface area (Å²) in [4.78, 5) is 51.6. The molecule has 0 spiro atoms. The Morgan fingerprint density at radius 1 is 0.467 bits per heavy atom. The quantitative estimate of drug-likeness (QED) is 0.0281. The number of amides is 4. The molecule has 0 saturated heterocycles. The van der Waals surface area contributed by atoms with Gasteiger partial charge >= 0.3 is 0 Å². The lowest BCUT2D eigenvalue weighted by Gasteiger charge is -2.26. The fourth-order valence-electron chi connectivity index (χ4n) is 3.91. The van der Waals surface area contributed by atoms with Crippen molar-refractivity contribution in [3.8, 4) is 0 Å². The zero-order valence-corrected chi connectivity index (χ0v) is 25.4. The number of carbonyl (C=O) groups is 4. The smallest absolute Gasteiger partial charge is 0.243 e. The lowest BCUT2D eigenvalue weighted by atomic mass is 10.0. The second-order valence-electron chi connectivity index (χ2n) is 10.1. The number of primary amides is 1. The number of hydrogen-bond acceptors (Lipinski definition) is 9. The molecule has 0 heterocycles. The zero-order chi connectivity index (χ0) is 34.4. The van der Waals surface area contributed by atoms with Gasteiger partial charge in [0.25, 0.3) is 0 Å². The van der Waals surface area contributed by atoms with Gasteiger partial charge in [-0.1, -0.05) is 0 Å². The minimum absolute atomic E-state index is 0.0739. The molecule has 0 aromatic rings. The maximum absolute atomic E-state index is 13.4. The van der Waals surface area contributed by atoms with Crippen LogP contribution in [0.4, 0.5) is 0 Å². The van der Waals surface area contributed by atoms with Crippen molar-refractivity contribution in [3.63, 3.8) is 0 Å². The highest BCUT2D eigenvalue weighted by Gasteiger charge is 2.29. The van der Waals surface area contributed by atoms with Gasteiger partial charge in [-0.15, -0.1) is 0 Å². The number of carbonyl (C=O) groups excluding carboxylic acids is 4. The van der Waals surface area contributed by atoms with Gasteiger partial charge in [-0.3, -0.25) is 40.8 Å². The summed E-state index contributed by atoms with van der Waals surface area (Å²) in [6.07, 6.45) is 1.92. The molecule has 45 heavy (non-hydrogen) atoms. The summed E-state index contributed by atoms with van der Waals surface area (Å²) in [6.45, 7) is 1.04. The third-order valence-corrected chi connectivity index (χ3v) is 6.23. The van der Waals surface area contributed by atoms with Crippen molar-refractivity contribution in [2.75, 3.05) is 26.2 Å². The van der Waals surface area contributed by atoms with Gasteiger partial charge in [0.05, 0.1) is 6.04 Å². The first-order valence-electron chi connectivity index (χ1n) is 14.4. The van der Waals surface area contributed by atoms with E-state index < -0.39 is 47.8 Å². The maximum Gasteiger partial charge on any atom is 0.243 e. The van der Waals surface area contributed by atoms with Crippen LogP contribution in [0.2, 0.25) is 0 Å². The van der Waals surface area contributed by atoms with Crippen molar-refractivity contribution < 1.29 is 19.2 Å². The SMILES string of the molecule is N=C(N)NCCCC(N)C(=O)N[C@H](CCCNC(=N)N)C(=O)N[C@H](CCCNC(=N)N)C(=O)N[C@H](CCCNC(=N)N)C(N)=O. The molecule has 23 N–H and O–H groups in total. The van der Waals surface area contributed by atoms with Crippen molar-refractivity contribution in [1.29, 1.82) is 21.6 Å². The molecular weight excluding hydrogens is 590 g/mol. The van der Waals surface area contributed by atoms with Crippen LogP contribution < -0.4 is 71.6 Å². The van der Waals surface area contributed by atoms with E-state index in [1.807, 2.05) is 0 Å². The van der Waals surface area contributed by atoms with Gasteiger partial charge in [-0.2, -0.15) is 0 Å². The molecule has 0 radical (unpaired) electrons. The summed E-state index contributed by atoms with van der Waals surface area (Å²) in [5.41, 5.74) is 32.6. The Kier molecular flexibility index (Phi) is 19.9. The lowest BCUT2D eigenvalue weighted by molar-refractivity contribution is -0.133. The van der Waals surface area contributed by atoms with E-state index in [2.05, 4.69) is 37.2 Å². The molecule has 0 aliphatic rings. The fraction of sp³-hybridized carbons (Fsp3) is 0.667. The van der Waals surface area contributed by atoms with Crippen LogP contribution in [0, 0.1) is 21.6 Å². The van der Waals surface area contributed by atoms with E-state index in [0.29, 0.717) is 32.2 Å². The van der Waals surface area contributed by atoms with Crippen LogP contribution in [0.25, 0.3) is 0 Å². The molecule has 0 aliphatic carbocycles. The van der Waals surface area contributed by atoms with Crippen LogP contribution >= 0.6 is 0 Å². The van der Waals surface area contributed by atoms with Crippen molar-refractivity contribution in [2.24, 2.45) is 34.4 Å². The Hall–Kier alpha value is -5.08.